The standard InChI is InChI=1S/C18H17BrClN3O2/c1-2-15-17(23-11-13(20)5-8-16(23)22-15)18(24)21-9-10-25-14-6-3-12(19)4-7-14/h3-8,11H,2,9-10H2,1H3,(H,21,24). The number of rotatable bonds is 6. The number of pyridine rings is 1. The van der Waals surface area contributed by atoms with E-state index in [0.717, 1.165) is 15.9 Å². The summed E-state index contributed by atoms with van der Waals surface area (Å²) in [5.41, 5.74) is 1.97. The number of carbonyl (C=O) groups is 1. The molecule has 0 aliphatic heterocycles. The monoisotopic (exact) mass is 421 g/mol. The fraction of sp³-hybridized carbons (Fsp3) is 0.222. The van der Waals surface area contributed by atoms with Crippen molar-refractivity contribution in [2.45, 2.75) is 13.3 Å². The molecule has 1 amide bonds. The number of carbonyl (C=O) groups excluding carboxylic acids is 1. The minimum Gasteiger partial charge on any atom is -0.492 e. The van der Waals surface area contributed by atoms with Crippen LogP contribution >= 0.6 is 27.5 Å². The third-order valence-corrected chi connectivity index (χ3v) is 4.43. The van der Waals surface area contributed by atoms with Gasteiger partial charge in [0.05, 0.1) is 17.3 Å². The fourth-order valence-corrected chi connectivity index (χ4v) is 2.93. The van der Waals surface area contributed by atoms with Crippen molar-refractivity contribution in [1.29, 1.82) is 0 Å². The zero-order chi connectivity index (χ0) is 17.8. The van der Waals surface area contributed by atoms with Crippen LogP contribution in [-0.4, -0.2) is 28.4 Å². The molecule has 0 spiro atoms. The molecule has 0 aliphatic carbocycles. The minimum atomic E-state index is -0.189. The Bertz CT molecular complexity index is 893. The lowest BCUT2D eigenvalue weighted by Crippen LogP contribution is -2.29. The summed E-state index contributed by atoms with van der Waals surface area (Å²) in [5.74, 6) is 0.569. The fourth-order valence-electron chi connectivity index (χ4n) is 2.50. The lowest BCUT2D eigenvalue weighted by Gasteiger charge is -2.09. The molecule has 0 saturated heterocycles. The average molecular weight is 423 g/mol. The van der Waals surface area contributed by atoms with E-state index in [1.54, 1.807) is 22.7 Å². The van der Waals surface area contributed by atoms with Gasteiger partial charge in [0.15, 0.2) is 0 Å². The van der Waals surface area contributed by atoms with Crippen molar-refractivity contribution in [2.24, 2.45) is 0 Å². The number of benzene rings is 1. The van der Waals surface area contributed by atoms with Gasteiger partial charge < -0.3 is 10.1 Å². The molecule has 2 heterocycles. The van der Waals surface area contributed by atoms with Crippen molar-refractivity contribution in [3.8, 4) is 5.75 Å². The van der Waals surface area contributed by atoms with Gasteiger partial charge in [0.25, 0.3) is 5.91 Å². The van der Waals surface area contributed by atoms with Crippen LogP contribution < -0.4 is 10.1 Å². The summed E-state index contributed by atoms with van der Waals surface area (Å²) in [5, 5.41) is 3.43. The van der Waals surface area contributed by atoms with Gasteiger partial charge >= 0.3 is 0 Å². The molecule has 3 rings (SSSR count). The van der Waals surface area contributed by atoms with Gasteiger partial charge in [-0.05, 0) is 42.8 Å². The molecule has 1 aromatic carbocycles. The Morgan fingerprint density at radius 3 is 2.76 bits per heavy atom. The predicted molar refractivity (Wildman–Crippen MR) is 102 cm³/mol. The van der Waals surface area contributed by atoms with Crippen LogP contribution in [0.4, 0.5) is 0 Å². The number of fused-ring (bicyclic) bond motifs is 1. The molecule has 0 atom stereocenters. The van der Waals surface area contributed by atoms with Crippen LogP contribution in [0.3, 0.4) is 0 Å². The number of aryl methyl sites for hydroxylation is 1. The molecule has 0 unspecified atom stereocenters. The van der Waals surface area contributed by atoms with Crippen LogP contribution in [0.15, 0.2) is 47.1 Å². The summed E-state index contributed by atoms with van der Waals surface area (Å²) >= 11 is 9.43. The molecule has 0 bridgehead atoms. The van der Waals surface area contributed by atoms with E-state index in [-0.39, 0.29) is 5.91 Å². The highest BCUT2D eigenvalue weighted by Crippen LogP contribution is 2.18. The second-order valence-corrected chi connectivity index (χ2v) is 6.75. The van der Waals surface area contributed by atoms with Gasteiger partial charge in [-0.1, -0.05) is 34.5 Å². The molecular weight excluding hydrogens is 406 g/mol. The van der Waals surface area contributed by atoms with Crippen LogP contribution in [0.25, 0.3) is 5.65 Å². The zero-order valence-electron chi connectivity index (χ0n) is 13.6. The first-order valence-electron chi connectivity index (χ1n) is 7.91. The zero-order valence-corrected chi connectivity index (χ0v) is 16.0. The maximum atomic E-state index is 12.6. The normalized spacial score (nSPS) is 10.8. The number of halogens is 2. The number of ether oxygens (including phenoxy) is 1. The smallest absolute Gasteiger partial charge is 0.270 e. The Balaban J connectivity index is 1.65. The summed E-state index contributed by atoms with van der Waals surface area (Å²) in [6.07, 6.45) is 2.37. The summed E-state index contributed by atoms with van der Waals surface area (Å²) in [4.78, 5) is 17.1. The van der Waals surface area contributed by atoms with Crippen molar-refractivity contribution in [3.63, 3.8) is 0 Å². The molecule has 3 aromatic rings. The number of amides is 1. The van der Waals surface area contributed by atoms with E-state index in [2.05, 4.69) is 26.2 Å². The van der Waals surface area contributed by atoms with Crippen molar-refractivity contribution < 1.29 is 9.53 Å². The Morgan fingerprint density at radius 2 is 2.04 bits per heavy atom. The summed E-state index contributed by atoms with van der Waals surface area (Å²) < 4.78 is 8.33. The van der Waals surface area contributed by atoms with Crippen LogP contribution in [0.2, 0.25) is 5.02 Å². The number of nitrogens with one attached hydrogen (secondary N) is 1. The molecule has 5 nitrogen and oxygen atoms in total. The van der Waals surface area contributed by atoms with E-state index >= 15 is 0 Å². The Morgan fingerprint density at radius 1 is 1.28 bits per heavy atom. The predicted octanol–water partition coefficient (Wildman–Crippen LogP) is 4.12. The van der Waals surface area contributed by atoms with Gasteiger partial charge in [-0.2, -0.15) is 0 Å². The van der Waals surface area contributed by atoms with Crippen molar-refractivity contribution >= 4 is 39.1 Å². The van der Waals surface area contributed by atoms with E-state index in [9.17, 15) is 4.79 Å². The maximum Gasteiger partial charge on any atom is 0.270 e. The highest BCUT2D eigenvalue weighted by atomic mass is 79.9. The summed E-state index contributed by atoms with van der Waals surface area (Å²) in [7, 11) is 0. The van der Waals surface area contributed by atoms with E-state index < -0.39 is 0 Å². The SMILES string of the molecule is CCc1nc2ccc(Cl)cn2c1C(=O)NCCOc1ccc(Br)cc1. The number of imidazole rings is 1. The maximum absolute atomic E-state index is 12.6. The Kier molecular flexibility index (Phi) is 5.60. The number of nitrogens with zero attached hydrogens (tertiary/aromatic N) is 2. The highest BCUT2D eigenvalue weighted by molar-refractivity contribution is 9.10. The molecule has 0 aliphatic rings. The molecule has 25 heavy (non-hydrogen) atoms. The quantitative estimate of drug-likeness (QED) is 0.608. The first-order chi connectivity index (χ1) is 12.1. The Hall–Kier alpha value is -2.05. The van der Waals surface area contributed by atoms with Crippen molar-refractivity contribution in [3.05, 3.63) is 63.5 Å². The Labute approximate surface area is 159 Å². The van der Waals surface area contributed by atoms with E-state index in [1.807, 2.05) is 31.2 Å². The van der Waals surface area contributed by atoms with Gasteiger partial charge in [0.1, 0.15) is 23.7 Å². The van der Waals surface area contributed by atoms with Crippen LogP contribution in [-0.2, 0) is 6.42 Å². The first-order valence-corrected chi connectivity index (χ1v) is 9.08. The van der Waals surface area contributed by atoms with E-state index in [1.165, 1.54) is 0 Å². The average Bonchev–Trinajstić information content (AvgIpc) is 2.97. The second kappa shape index (κ2) is 7.89. The molecule has 2 aromatic heterocycles. The van der Waals surface area contributed by atoms with Crippen molar-refractivity contribution in [2.75, 3.05) is 13.2 Å². The molecular formula is C18H17BrClN3O2. The van der Waals surface area contributed by atoms with E-state index in [4.69, 9.17) is 16.3 Å². The van der Waals surface area contributed by atoms with Crippen molar-refractivity contribution in [1.82, 2.24) is 14.7 Å². The lowest BCUT2D eigenvalue weighted by atomic mass is 10.2. The third-order valence-electron chi connectivity index (χ3n) is 3.67. The van der Waals surface area contributed by atoms with Gasteiger partial charge in [-0.3, -0.25) is 9.20 Å². The number of aromatic nitrogens is 2. The molecule has 1 N–H and O–H groups in total. The van der Waals surface area contributed by atoms with Crippen LogP contribution in [0, 0.1) is 0 Å². The van der Waals surface area contributed by atoms with Gasteiger partial charge in [-0.15, -0.1) is 0 Å². The molecule has 7 heteroatoms. The van der Waals surface area contributed by atoms with Gasteiger partial charge in [0.2, 0.25) is 0 Å². The lowest BCUT2D eigenvalue weighted by molar-refractivity contribution is 0.0940. The summed E-state index contributed by atoms with van der Waals surface area (Å²) in [6.45, 7) is 2.75. The second-order valence-electron chi connectivity index (χ2n) is 5.39. The third kappa shape index (κ3) is 4.14. The van der Waals surface area contributed by atoms with Gasteiger partial charge in [0, 0.05) is 10.7 Å². The van der Waals surface area contributed by atoms with Crippen LogP contribution in [0.1, 0.15) is 23.1 Å². The first kappa shape index (κ1) is 17.8. The molecule has 0 saturated carbocycles. The molecule has 0 radical (unpaired) electrons. The summed E-state index contributed by atoms with van der Waals surface area (Å²) in [6, 6.07) is 11.1. The number of hydrogen-bond donors (Lipinski definition) is 1. The minimum absolute atomic E-state index is 0.189. The topological polar surface area (TPSA) is 55.6 Å². The molecule has 130 valence electrons. The molecule has 0 fully saturated rings. The van der Waals surface area contributed by atoms with Crippen LogP contribution in [0.5, 0.6) is 5.75 Å². The largest absolute Gasteiger partial charge is 0.492 e. The highest BCUT2D eigenvalue weighted by Gasteiger charge is 2.18. The van der Waals surface area contributed by atoms with Gasteiger partial charge in [-0.25, -0.2) is 4.98 Å². The number of hydrogen-bond acceptors (Lipinski definition) is 3. The van der Waals surface area contributed by atoms with E-state index in [0.29, 0.717) is 35.9 Å².